The topological polar surface area (TPSA) is 30.2 Å². The first kappa shape index (κ1) is 23.4. The zero-order valence-corrected chi connectivity index (χ0v) is 20.9. The van der Waals surface area contributed by atoms with Crippen LogP contribution in [0.15, 0.2) is 17.1 Å². The van der Waals surface area contributed by atoms with Gasteiger partial charge in [-0.25, -0.2) is 4.99 Å². The Bertz CT molecular complexity index is 932. The van der Waals surface area contributed by atoms with Crippen LogP contribution in [0.2, 0.25) is 5.02 Å². The zero-order valence-electron chi connectivity index (χ0n) is 18.5. The molecule has 0 N–H and O–H groups in total. The molecular weight excluding hydrogens is 405 g/mol. The molecule has 0 radical (unpaired) electrons. The molecule has 28 heavy (non-hydrogen) atoms. The van der Waals surface area contributed by atoms with Crippen LogP contribution in [0.3, 0.4) is 0 Å². The van der Waals surface area contributed by atoms with Crippen LogP contribution in [-0.2, 0) is 19.1 Å². The fourth-order valence-corrected chi connectivity index (χ4v) is 5.41. The van der Waals surface area contributed by atoms with Crippen LogP contribution in [0.5, 0.6) is 0 Å². The third-order valence-electron chi connectivity index (χ3n) is 4.68. The van der Waals surface area contributed by atoms with E-state index in [4.69, 9.17) is 16.6 Å². The lowest BCUT2D eigenvalue weighted by atomic mass is 9.92. The lowest BCUT2D eigenvalue weighted by Gasteiger charge is -2.15. The Morgan fingerprint density at radius 3 is 2.50 bits per heavy atom. The minimum atomic E-state index is -1.19. The van der Waals surface area contributed by atoms with E-state index in [-0.39, 0.29) is 5.41 Å². The molecule has 0 amide bonds. The Labute approximate surface area is 180 Å². The van der Waals surface area contributed by atoms with Crippen LogP contribution in [0.25, 0.3) is 0 Å². The summed E-state index contributed by atoms with van der Waals surface area (Å²) >= 11 is 7.94. The second kappa shape index (κ2) is 9.32. The SMILES string of the molecule is C=P(C)(C)Cc1cc(N=c2snc3n2CC(C)(C)C3)c(C)cc1Cl.CCCC. The molecule has 1 aliphatic rings. The molecule has 3 rings (SSSR count). The van der Waals surface area contributed by atoms with Gasteiger partial charge in [0.15, 0.2) is 0 Å². The normalized spacial score (nSPS) is 15.9. The van der Waals surface area contributed by atoms with Crippen LogP contribution in [-0.4, -0.2) is 28.6 Å². The molecule has 2 heterocycles. The number of rotatable bonds is 4. The average Bonchev–Trinajstić information content (AvgIpc) is 3.07. The average molecular weight is 440 g/mol. The zero-order chi connectivity index (χ0) is 21.1. The molecule has 0 bridgehead atoms. The Balaban J connectivity index is 0.000000640. The molecule has 0 atom stereocenters. The highest BCUT2D eigenvalue weighted by molar-refractivity contribution is 7.71. The van der Waals surface area contributed by atoms with Crippen molar-refractivity contribution in [1.29, 1.82) is 0 Å². The summed E-state index contributed by atoms with van der Waals surface area (Å²) in [5.41, 5.74) is 3.51. The van der Waals surface area contributed by atoms with Crippen molar-refractivity contribution in [2.75, 3.05) is 13.3 Å². The molecule has 0 saturated carbocycles. The fraction of sp³-hybridized carbons (Fsp3) is 0.591. The van der Waals surface area contributed by atoms with Gasteiger partial charge in [0.25, 0.3) is 0 Å². The number of nitrogens with zero attached hydrogens (tertiary/aromatic N) is 3. The Hall–Kier alpha value is -0.830. The van der Waals surface area contributed by atoms with Crippen molar-refractivity contribution in [3.05, 3.63) is 38.9 Å². The maximum atomic E-state index is 6.45. The van der Waals surface area contributed by atoms with E-state index in [0.717, 1.165) is 51.6 Å². The van der Waals surface area contributed by atoms with E-state index in [1.54, 1.807) is 0 Å². The molecule has 6 heteroatoms. The first-order chi connectivity index (χ1) is 13.0. The summed E-state index contributed by atoms with van der Waals surface area (Å²) in [5.74, 6) is 1.15. The van der Waals surface area contributed by atoms with Gasteiger partial charge < -0.3 is 4.57 Å². The quantitative estimate of drug-likeness (QED) is 0.485. The molecule has 0 unspecified atom stereocenters. The highest BCUT2D eigenvalue weighted by atomic mass is 35.5. The van der Waals surface area contributed by atoms with Crippen molar-refractivity contribution < 1.29 is 0 Å². The van der Waals surface area contributed by atoms with Crippen molar-refractivity contribution in [3.63, 3.8) is 0 Å². The number of fused-ring (bicyclic) bond motifs is 1. The molecule has 1 aromatic heterocycles. The minimum absolute atomic E-state index is 0.267. The number of halogens is 1. The summed E-state index contributed by atoms with van der Waals surface area (Å²) in [6.07, 6.45) is 8.90. The van der Waals surface area contributed by atoms with Crippen molar-refractivity contribution in [3.8, 4) is 0 Å². The van der Waals surface area contributed by atoms with Gasteiger partial charge in [0, 0.05) is 29.5 Å². The Morgan fingerprint density at radius 1 is 1.29 bits per heavy atom. The summed E-state index contributed by atoms with van der Waals surface area (Å²) in [4.78, 5) is 5.90. The van der Waals surface area contributed by atoms with Crippen molar-refractivity contribution in [1.82, 2.24) is 8.94 Å². The van der Waals surface area contributed by atoms with Gasteiger partial charge in [0.05, 0.1) is 5.69 Å². The predicted octanol–water partition coefficient (Wildman–Crippen LogP) is 6.74. The third-order valence-corrected chi connectivity index (χ3v) is 7.00. The Kier molecular flexibility index (Phi) is 7.81. The van der Waals surface area contributed by atoms with Gasteiger partial charge in [-0.2, -0.15) is 4.37 Å². The maximum Gasteiger partial charge on any atom is 0.209 e. The number of unbranched alkanes of at least 4 members (excludes halogenated alkanes) is 1. The molecule has 0 aliphatic carbocycles. The summed E-state index contributed by atoms with van der Waals surface area (Å²) in [6, 6.07) is 4.17. The summed E-state index contributed by atoms with van der Waals surface area (Å²) < 4.78 is 6.86. The Morgan fingerprint density at radius 2 is 1.93 bits per heavy atom. The van der Waals surface area contributed by atoms with Crippen LogP contribution >= 0.6 is 30.0 Å². The highest BCUT2D eigenvalue weighted by Crippen LogP contribution is 2.42. The lowest BCUT2D eigenvalue weighted by Crippen LogP contribution is -2.19. The predicted molar refractivity (Wildman–Crippen MR) is 129 cm³/mol. The van der Waals surface area contributed by atoms with Crippen molar-refractivity contribution in [2.45, 2.75) is 66.6 Å². The number of benzene rings is 1. The maximum absolute atomic E-state index is 6.45. The number of hydrogen-bond donors (Lipinski definition) is 0. The monoisotopic (exact) mass is 439 g/mol. The van der Waals surface area contributed by atoms with Crippen molar-refractivity contribution >= 4 is 42.0 Å². The van der Waals surface area contributed by atoms with Gasteiger partial charge >= 0.3 is 0 Å². The summed E-state index contributed by atoms with van der Waals surface area (Å²) in [7, 11) is 0. The molecule has 0 spiro atoms. The van der Waals surface area contributed by atoms with Gasteiger partial charge in [-0.15, -0.1) is 13.2 Å². The van der Waals surface area contributed by atoms with Gasteiger partial charge in [-0.1, -0.05) is 52.1 Å². The van der Waals surface area contributed by atoms with Crippen LogP contribution in [0.4, 0.5) is 5.69 Å². The summed E-state index contributed by atoms with van der Waals surface area (Å²) in [5, 5.41) is 0.825. The molecular formula is C22H35ClN3PS. The third kappa shape index (κ3) is 6.34. The highest BCUT2D eigenvalue weighted by Gasteiger charge is 2.30. The first-order valence-electron chi connectivity index (χ1n) is 10.0. The van der Waals surface area contributed by atoms with E-state index >= 15 is 0 Å². The van der Waals surface area contributed by atoms with Crippen LogP contribution in [0, 0.1) is 12.3 Å². The lowest BCUT2D eigenvalue weighted by molar-refractivity contribution is 0.356. The number of aromatic nitrogens is 2. The standard InChI is InChI=1S/C18H25ClN3PS.C4H10/c1-12-7-14(19)13(10-23(4,5)6)8-15(12)20-17-22-11-18(2,3)9-16(22)21-24-17;1-3-4-2/h7-8H,4,9-11H2,1-3,5-6H3;3-4H2,1-2H3. The smallest absolute Gasteiger partial charge is 0.209 e. The van der Waals surface area contributed by atoms with Crippen LogP contribution < -0.4 is 4.80 Å². The van der Waals surface area contributed by atoms with E-state index in [0.29, 0.717) is 0 Å². The van der Waals surface area contributed by atoms with Gasteiger partial charge in [0.2, 0.25) is 4.80 Å². The molecule has 2 aromatic rings. The molecule has 0 fully saturated rings. The van der Waals surface area contributed by atoms with E-state index in [9.17, 15) is 0 Å². The van der Waals surface area contributed by atoms with Gasteiger partial charge in [-0.3, -0.25) is 0 Å². The fourth-order valence-electron chi connectivity index (χ4n) is 3.09. The minimum Gasteiger partial charge on any atom is -0.303 e. The first-order valence-corrected chi connectivity index (χ1v) is 14.2. The number of hydrogen-bond acceptors (Lipinski definition) is 3. The van der Waals surface area contributed by atoms with Crippen LogP contribution in [0.1, 0.15) is 57.5 Å². The largest absolute Gasteiger partial charge is 0.303 e. The van der Waals surface area contributed by atoms with Crippen molar-refractivity contribution in [2.24, 2.45) is 10.4 Å². The summed E-state index contributed by atoms with van der Waals surface area (Å²) in [6.45, 7) is 15.2. The molecule has 1 aromatic carbocycles. The second-order valence-corrected chi connectivity index (χ2v) is 14.6. The molecule has 156 valence electrons. The van der Waals surface area contributed by atoms with E-state index in [1.807, 2.05) is 6.07 Å². The second-order valence-electron chi connectivity index (χ2n) is 9.24. The number of aryl methyl sites for hydroxylation is 1. The van der Waals surface area contributed by atoms with E-state index in [2.05, 4.69) is 69.3 Å². The van der Waals surface area contributed by atoms with Gasteiger partial charge in [-0.05, 0) is 55.1 Å². The van der Waals surface area contributed by atoms with E-state index < -0.39 is 6.89 Å². The molecule has 1 aliphatic heterocycles. The van der Waals surface area contributed by atoms with E-state index in [1.165, 1.54) is 24.4 Å². The molecule has 0 saturated heterocycles. The molecule has 3 nitrogen and oxygen atoms in total. The van der Waals surface area contributed by atoms with Gasteiger partial charge in [0.1, 0.15) is 5.82 Å².